The van der Waals surface area contributed by atoms with Gasteiger partial charge in [-0.3, -0.25) is 4.79 Å². The molecule has 0 spiro atoms. The van der Waals surface area contributed by atoms with Gasteiger partial charge >= 0.3 is 0 Å². The van der Waals surface area contributed by atoms with Crippen molar-refractivity contribution in [2.24, 2.45) is 0 Å². The molecule has 3 heterocycles. The summed E-state index contributed by atoms with van der Waals surface area (Å²) in [4.78, 5) is 16.5. The fourth-order valence-corrected chi connectivity index (χ4v) is 5.07. The average Bonchev–Trinajstić information content (AvgIpc) is 3.19. The van der Waals surface area contributed by atoms with Crippen molar-refractivity contribution in [3.8, 4) is 17.2 Å². The highest BCUT2D eigenvalue weighted by Crippen LogP contribution is 2.55. The molecule has 1 fully saturated rings. The lowest BCUT2D eigenvalue weighted by molar-refractivity contribution is -0.102. The van der Waals surface area contributed by atoms with Gasteiger partial charge in [0, 0.05) is 11.1 Å². The van der Waals surface area contributed by atoms with Gasteiger partial charge in [0.05, 0.1) is 43.0 Å². The minimum absolute atomic E-state index is 0.0109. The zero-order valence-corrected chi connectivity index (χ0v) is 17.0. The molecule has 1 saturated heterocycles. The Morgan fingerprint density at radius 2 is 1.93 bits per heavy atom. The third-order valence-electron chi connectivity index (χ3n) is 6.36. The summed E-state index contributed by atoms with van der Waals surface area (Å²) in [5.74, 6) is 0.692. The Morgan fingerprint density at radius 1 is 1.13 bits per heavy atom. The van der Waals surface area contributed by atoms with Gasteiger partial charge in [-0.2, -0.15) is 0 Å². The zero-order valence-electron chi connectivity index (χ0n) is 17.0. The molecule has 2 aliphatic rings. The number of hydrogen-bond acceptors (Lipinski definition) is 6. The molecule has 30 heavy (non-hydrogen) atoms. The Labute approximate surface area is 172 Å². The van der Waals surface area contributed by atoms with E-state index in [-0.39, 0.29) is 23.0 Å². The minimum atomic E-state index is -1.58. The van der Waals surface area contributed by atoms with E-state index in [0.29, 0.717) is 51.9 Å². The van der Waals surface area contributed by atoms with E-state index >= 15 is 0 Å². The number of pyridine rings is 1. The lowest BCUT2D eigenvalue weighted by Gasteiger charge is -2.41. The molecule has 3 aromatic rings. The number of H-pyrrole nitrogens is 1. The highest BCUT2D eigenvalue weighted by atomic mass is 16.5. The van der Waals surface area contributed by atoms with Gasteiger partial charge in [0.25, 0.3) is 0 Å². The number of phenolic OH excluding ortho intramolecular Hbond substituents is 1. The third-order valence-corrected chi connectivity index (χ3v) is 6.36. The lowest BCUT2D eigenvalue weighted by atomic mass is 9.77. The number of aromatic amines is 1. The van der Waals surface area contributed by atoms with Crippen molar-refractivity contribution in [3.05, 3.63) is 62.9 Å². The molecule has 2 aromatic carbocycles. The van der Waals surface area contributed by atoms with Crippen LogP contribution in [-0.4, -0.2) is 35.5 Å². The quantitative estimate of drug-likeness (QED) is 0.615. The number of rotatable bonds is 3. The standard InChI is InChI=1S/C23H23NO6/c1-11-22(29-3)21(26)20-15(24-11)6-5-13-19(20)17-8-9-18(30-17)23(13,27)14-10-12(25)4-7-16(14)28-2/h4-7,10,17-18,25,27H,8-9H2,1-3H3,(H,24,26)/t17-,18+,23-/m0/s1. The van der Waals surface area contributed by atoms with Gasteiger partial charge in [-0.25, -0.2) is 0 Å². The molecule has 2 bridgehead atoms. The predicted octanol–water partition coefficient (Wildman–Crippen LogP) is 3.03. The van der Waals surface area contributed by atoms with E-state index in [4.69, 9.17) is 14.2 Å². The number of ether oxygens (including phenoxy) is 3. The molecule has 3 N–H and O–H groups in total. The number of benzene rings is 2. The number of aromatic nitrogens is 1. The number of aromatic hydroxyl groups is 1. The van der Waals surface area contributed by atoms with Crippen LogP contribution in [0.1, 0.15) is 41.3 Å². The minimum Gasteiger partial charge on any atom is -0.508 e. The van der Waals surface area contributed by atoms with Crippen LogP contribution in [0.4, 0.5) is 0 Å². The molecule has 0 radical (unpaired) electrons. The van der Waals surface area contributed by atoms with Crippen LogP contribution in [0.15, 0.2) is 35.1 Å². The maximum atomic E-state index is 13.3. The highest BCUT2D eigenvalue weighted by molar-refractivity contribution is 5.86. The zero-order chi connectivity index (χ0) is 21.2. The smallest absolute Gasteiger partial charge is 0.231 e. The molecule has 0 amide bonds. The second-order valence-electron chi connectivity index (χ2n) is 7.90. The van der Waals surface area contributed by atoms with Crippen molar-refractivity contribution in [1.29, 1.82) is 0 Å². The Hall–Kier alpha value is -3.03. The van der Waals surface area contributed by atoms with Crippen LogP contribution >= 0.6 is 0 Å². The third kappa shape index (κ3) is 2.36. The van der Waals surface area contributed by atoms with Crippen molar-refractivity contribution < 1.29 is 24.4 Å². The number of hydrogen-bond donors (Lipinski definition) is 3. The van der Waals surface area contributed by atoms with E-state index in [0.717, 1.165) is 0 Å². The summed E-state index contributed by atoms with van der Waals surface area (Å²) >= 11 is 0. The fourth-order valence-electron chi connectivity index (χ4n) is 5.07. The number of phenols is 1. The topological polar surface area (TPSA) is 101 Å². The first-order valence-electron chi connectivity index (χ1n) is 9.89. The van der Waals surface area contributed by atoms with E-state index < -0.39 is 11.7 Å². The Bertz CT molecular complexity index is 1230. The van der Waals surface area contributed by atoms with Gasteiger partial charge in [0.2, 0.25) is 5.43 Å². The largest absolute Gasteiger partial charge is 0.508 e. The van der Waals surface area contributed by atoms with Crippen molar-refractivity contribution in [3.63, 3.8) is 0 Å². The summed E-state index contributed by atoms with van der Waals surface area (Å²) in [6.45, 7) is 1.79. The van der Waals surface area contributed by atoms with Gasteiger partial charge in [0.15, 0.2) is 5.75 Å². The van der Waals surface area contributed by atoms with Crippen molar-refractivity contribution in [2.45, 2.75) is 37.6 Å². The summed E-state index contributed by atoms with van der Waals surface area (Å²) in [5.41, 5.74) is 1.15. The van der Waals surface area contributed by atoms with Gasteiger partial charge < -0.3 is 29.4 Å². The van der Waals surface area contributed by atoms with E-state index in [2.05, 4.69) is 4.98 Å². The van der Waals surface area contributed by atoms with Crippen LogP contribution in [0, 0.1) is 6.92 Å². The molecular formula is C23H23NO6. The van der Waals surface area contributed by atoms with Crippen LogP contribution < -0.4 is 14.9 Å². The van der Waals surface area contributed by atoms with Crippen molar-refractivity contribution >= 4 is 10.9 Å². The van der Waals surface area contributed by atoms with E-state index in [1.165, 1.54) is 26.4 Å². The summed E-state index contributed by atoms with van der Waals surface area (Å²) < 4.78 is 17.1. The van der Waals surface area contributed by atoms with Crippen LogP contribution in [0.2, 0.25) is 0 Å². The number of methoxy groups -OCH3 is 2. The Kier molecular flexibility index (Phi) is 4.10. The molecule has 5 rings (SSSR count). The maximum absolute atomic E-state index is 13.3. The first-order chi connectivity index (χ1) is 14.4. The average molecular weight is 409 g/mol. The molecule has 2 aliphatic heterocycles. The van der Waals surface area contributed by atoms with E-state index in [1.807, 2.05) is 6.07 Å². The maximum Gasteiger partial charge on any atom is 0.231 e. The molecular weight excluding hydrogens is 386 g/mol. The molecule has 1 aromatic heterocycles. The first-order valence-corrected chi connectivity index (χ1v) is 9.89. The molecule has 7 heteroatoms. The van der Waals surface area contributed by atoms with Crippen LogP contribution in [0.3, 0.4) is 0 Å². The number of aliphatic hydroxyl groups is 1. The number of aryl methyl sites for hydroxylation is 1. The molecule has 156 valence electrons. The summed E-state index contributed by atoms with van der Waals surface area (Å²) in [7, 11) is 2.98. The summed E-state index contributed by atoms with van der Waals surface area (Å²) in [5, 5.41) is 22.7. The van der Waals surface area contributed by atoms with Crippen LogP contribution in [0.25, 0.3) is 10.9 Å². The van der Waals surface area contributed by atoms with Crippen LogP contribution in [0.5, 0.6) is 17.2 Å². The normalized spacial score (nSPS) is 24.7. The first kappa shape index (κ1) is 19.0. The van der Waals surface area contributed by atoms with E-state index in [9.17, 15) is 15.0 Å². The fraction of sp³-hybridized carbons (Fsp3) is 0.348. The van der Waals surface area contributed by atoms with Gasteiger partial charge in [-0.15, -0.1) is 0 Å². The van der Waals surface area contributed by atoms with Gasteiger partial charge in [0.1, 0.15) is 17.1 Å². The van der Waals surface area contributed by atoms with E-state index in [1.54, 1.807) is 19.1 Å². The van der Waals surface area contributed by atoms with Crippen LogP contribution in [-0.2, 0) is 10.3 Å². The monoisotopic (exact) mass is 409 g/mol. The number of nitrogens with one attached hydrogen (secondary N) is 1. The molecule has 0 unspecified atom stereocenters. The van der Waals surface area contributed by atoms with Crippen molar-refractivity contribution in [1.82, 2.24) is 4.98 Å². The predicted molar refractivity (Wildman–Crippen MR) is 110 cm³/mol. The lowest BCUT2D eigenvalue weighted by Crippen LogP contribution is -2.44. The Balaban J connectivity index is 1.89. The summed E-state index contributed by atoms with van der Waals surface area (Å²) in [6, 6.07) is 8.24. The molecule has 0 aliphatic carbocycles. The molecule has 0 saturated carbocycles. The number of fused-ring (bicyclic) bond motifs is 6. The van der Waals surface area contributed by atoms with Crippen molar-refractivity contribution in [2.75, 3.05) is 14.2 Å². The molecule has 7 nitrogen and oxygen atoms in total. The Morgan fingerprint density at radius 3 is 2.67 bits per heavy atom. The SMILES string of the molecule is COc1ccc(O)cc1[C@@]1(O)c2ccc3[nH]c(C)c(OC)c(=O)c3c2[C@@H]2CC[C@H]1O2. The second kappa shape index (κ2) is 6.48. The van der Waals surface area contributed by atoms with Gasteiger partial charge in [-0.1, -0.05) is 6.07 Å². The second-order valence-corrected chi connectivity index (χ2v) is 7.90. The highest BCUT2D eigenvalue weighted by Gasteiger charge is 2.53. The summed E-state index contributed by atoms with van der Waals surface area (Å²) in [6.07, 6.45) is 0.466. The van der Waals surface area contributed by atoms with Gasteiger partial charge in [-0.05, 0) is 49.6 Å². The molecule has 3 atom stereocenters.